The molecule has 0 radical (unpaired) electrons. The Bertz CT molecular complexity index is 853. The van der Waals surface area contributed by atoms with E-state index in [-0.39, 0.29) is 28.5 Å². The van der Waals surface area contributed by atoms with Gasteiger partial charge in [-0.05, 0) is 25.5 Å². The second kappa shape index (κ2) is 9.18. The van der Waals surface area contributed by atoms with Gasteiger partial charge in [0.15, 0.2) is 0 Å². The number of nitrogens with one attached hydrogen (secondary N) is 2. The first-order chi connectivity index (χ1) is 13.3. The second-order valence-corrected chi connectivity index (χ2v) is 6.10. The van der Waals surface area contributed by atoms with E-state index in [1.165, 1.54) is 12.1 Å². The summed E-state index contributed by atoms with van der Waals surface area (Å²) in [6, 6.07) is 2.32. The third-order valence-electron chi connectivity index (χ3n) is 3.87. The van der Waals surface area contributed by atoms with Crippen molar-refractivity contribution >= 4 is 35.3 Å². The van der Waals surface area contributed by atoms with Gasteiger partial charge in [-0.3, -0.25) is 10.1 Å². The molecule has 2 rings (SSSR count). The van der Waals surface area contributed by atoms with Crippen LogP contribution in [0.1, 0.15) is 30.6 Å². The Morgan fingerprint density at radius 2 is 1.96 bits per heavy atom. The maximum Gasteiger partial charge on any atom is 0.345 e. The highest BCUT2D eigenvalue weighted by Gasteiger charge is 2.32. The lowest BCUT2D eigenvalue weighted by Gasteiger charge is -2.28. The molecule has 1 aliphatic rings. The molecule has 2 amide bonds. The number of rotatable bonds is 7. The van der Waals surface area contributed by atoms with Crippen molar-refractivity contribution in [2.45, 2.75) is 26.3 Å². The molecule has 1 aromatic carbocycles. The van der Waals surface area contributed by atoms with Crippen molar-refractivity contribution in [3.63, 3.8) is 0 Å². The number of amides is 2. The molecule has 0 saturated heterocycles. The molecule has 150 valence electrons. The highest BCUT2D eigenvalue weighted by atomic mass is 35.5. The van der Waals surface area contributed by atoms with E-state index in [0.717, 1.165) is 6.07 Å². The van der Waals surface area contributed by atoms with Gasteiger partial charge in [0, 0.05) is 11.1 Å². The largest absolute Gasteiger partial charge is 0.463 e. The molecule has 1 aromatic rings. The van der Waals surface area contributed by atoms with Crippen LogP contribution in [0.25, 0.3) is 0 Å². The Kier molecular flexibility index (Phi) is 6.94. The Hall–Kier alpha value is -3.14. The molecular formula is C17H18ClN3O7. The molecule has 1 atom stereocenters. The van der Waals surface area contributed by atoms with Crippen LogP contribution in [0.15, 0.2) is 29.5 Å². The molecule has 28 heavy (non-hydrogen) atoms. The van der Waals surface area contributed by atoms with Crippen molar-refractivity contribution in [1.29, 1.82) is 0 Å². The monoisotopic (exact) mass is 411 g/mol. The van der Waals surface area contributed by atoms with E-state index in [9.17, 15) is 24.5 Å². The number of halogens is 1. The number of hydrogen-bond donors (Lipinski definition) is 2. The van der Waals surface area contributed by atoms with E-state index >= 15 is 0 Å². The number of carbonyl (C=O) groups excluding carboxylic acids is 3. The van der Waals surface area contributed by atoms with E-state index in [1.807, 2.05) is 0 Å². The average molecular weight is 412 g/mol. The molecule has 1 heterocycles. The first-order valence-electron chi connectivity index (χ1n) is 8.37. The summed E-state index contributed by atoms with van der Waals surface area (Å²) in [7, 11) is 0. The van der Waals surface area contributed by atoms with Crippen LogP contribution in [0.2, 0.25) is 5.02 Å². The summed E-state index contributed by atoms with van der Waals surface area (Å²) < 4.78 is 10.1. The number of nitrogens with zero attached hydrogens (tertiary/aromatic N) is 1. The number of urea groups is 1. The third-order valence-corrected chi connectivity index (χ3v) is 4.11. The summed E-state index contributed by atoms with van der Waals surface area (Å²) in [5.74, 6) is -1.66. The van der Waals surface area contributed by atoms with Crippen LogP contribution in [0.3, 0.4) is 0 Å². The fourth-order valence-electron chi connectivity index (χ4n) is 2.62. The zero-order valence-corrected chi connectivity index (χ0v) is 15.9. The van der Waals surface area contributed by atoms with Crippen molar-refractivity contribution in [1.82, 2.24) is 10.6 Å². The van der Waals surface area contributed by atoms with Gasteiger partial charge in [-0.15, -0.1) is 0 Å². The van der Waals surface area contributed by atoms with Crippen LogP contribution in [-0.4, -0.2) is 42.1 Å². The zero-order valence-electron chi connectivity index (χ0n) is 15.1. The number of ether oxygens (including phenoxy) is 2. The van der Waals surface area contributed by atoms with E-state index in [4.69, 9.17) is 21.1 Å². The van der Waals surface area contributed by atoms with Crippen molar-refractivity contribution in [3.8, 4) is 0 Å². The number of carbonyl (C=O) groups is 3. The maximum atomic E-state index is 12.3. The Morgan fingerprint density at radius 1 is 1.25 bits per heavy atom. The lowest BCUT2D eigenvalue weighted by molar-refractivity contribution is -0.385. The Balaban J connectivity index is 2.29. The molecule has 0 aromatic heterocycles. The first kappa shape index (κ1) is 21.2. The van der Waals surface area contributed by atoms with Crippen molar-refractivity contribution in [2.24, 2.45) is 0 Å². The fraction of sp³-hybridized carbons (Fsp3) is 0.353. The second-order valence-electron chi connectivity index (χ2n) is 5.67. The molecule has 0 bridgehead atoms. The minimum absolute atomic E-state index is 0.0546. The van der Waals surface area contributed by atoms with Gasteiger partial charge in [0.2, 0.25) is 0 Å². The SMILES string of the molecule is CCOC(=O)C1=C(COC(=O)c2ccc(Cl)cc2[N+](=O)[O-])NC(=O)N[C@H]1CC. The number of esters is 2. The zero-order chi connectivity index (χ0) is 20.8. The predicted molar refractivity (Wildman–Crippen MR) is 97.8 cm³/mol. The van der Waals surface area contributed by atoms with Crippen LogP contribution >= 0.6 is 11.6 Å². The van der Waals surface area contributed by atoms with Gasteiger partial charge >= 0.3 is 18.0 Å². The lowest BCUT2D eigenvalue weighted by atomic mass is 10.0. The predicted octanol–water partition coefficient (Wildman–Crippen LogP) is 2.31. The number of benzene rings is 1. The van der Waals surface area contributed by atoms with Gasteiger partial charge in [0.1, 0.15) is 12.2 Å². The smallest absolute Gasteiger partial charge is 0.345 e. The van der Waals surface area contributed by atoms with Crippen molar-refractivity contribution < 1.29 is 28.8 Å². The summed E-state index contributed by atoms with van der Waals surface area (Å²) in [6.45, 7) is 3.04. The number of hydrogen-bond acceptors (Lipinski definition) is 7. The molecular weight excluding hydrogens is 394 g/mol. The van der Waals surface area contributed by atoms with Crippen LogP contribution in [-0.2, 0) is 14.3 Å². The van der Waals surface area contributed by atoms with Crippen LogP contribution in [0.5, 0.6) is 0 Å². The van der Waals surface area contributed by atoms with Crippen LogP contribution in [0.4, 0.5) is 10.5 Å². The molecule has 0 spiro atoms. The summed E-state index contributed by atoms with van der Waals surface area (Å²) in [4.78, 5) is 46.8. The molecule has 0 unspecified atom stereocenters. The van der Waals surface area contributed by atoms with Gasteiger partial charge in [-0.2, -0.15) is 0 Å². The molecule has 0 saturated carbocycles. The third kappa shape index (κ3) is 4.77. The van der Waals surface area contributed by atoms with Gasteiger partial charge in [-0.25, -0.2) is 14.4 Å². The molecule has 0 aliphatic carbocycles. The highest BCUT2D eigenvalue weighted by molar-refractivity contribution is 6.31. The highest BCUT2D eigenvalue weighted by Crippen LogP contribution is 2.24. The topological polar surface area (TPSA) is 137 Å². The van der Waals surface area contributed by atoms with E-state index in [0.29, 0.717) is 6.42 Å². The minimum Gasteiger partial charge on any atom is -0.463 e. The van der Waals surface area contributed by atoms with E-state index < -0.39 is 41.2 Å². The minimum atomic E-state index is -1.00. The molecule has 0 fully saturated rings. The molecule has 10 nitrogen and oxygen atoms in total. The normalized spacial score (nSPS) is 16.1. The fourth-order valence-corrected chi connectivity index (χ4v) is 2.79. The summed E-state index contributed by atoms with van der Waals surface area (Å²) in [6.07, 6.45) is 0.404. The van der Waals surface area contributed by atoms with Gasteiger partial charge in [0.05, 0.1) is 28.8 Å². The molecule has 1 aliphatic heterocycles. The standard InChI is InChI=1S/C17H18ClN3O7/c1-3-11-14(16(23)27-4-2)12(20-17(24)19-11)8-28-15(22)10-6-5-9(18)7-13(10)21(25)26/h5-7,11H,3-4,8H2,1-2H3,(H2,19,20,24)/t11-/m0/s1. The Labute approximate surface area is 165 Å². The average Bonchev–Trinajstić information content (AvgIpc) is 2.65. The molecule has 2 N–H and O–H groups in total. The summed E-state index contributed by atoms with van der Waals surface area (Å²) >= 11 is 5.73. The van der Waals surface area contributed by atoms with Crippen LogP contribution in [0, 0.1) is 10.1 Å². The summed E-state index contributed by atoms with van der Waals surface area (Å²) in [5, 5.41) is 16.2. The summed E-state index contributed by atoms with van der Waals surface area (Å²) in [5.41, 5.74) is -0.640. The quantitative estimate of drug-likeness (QED) is 0.399. The van der Waals surface area contributed by atoms with Gasteiger partial charge in [-0.1, -0.05) is 18.5 Å². The molecule has 11 heteroatoms. The lowest BCUT2D eigenvalue weighted by Crippen LogP contribution is -2.51. The van der Waals surface area contributed by atoms with Crippen molar-refractivity contribution in [3.05, 3.63) is 50.2 Å². The van der Waals surface area contributed by atoms with Crippen LogP contribution < -0.4 is 10.6 Å². The van der Waals surface area contributed by atoms with E-state index in [1.54, 1.807) is 13.8 Å². The van der Waals surface area contributed by atoms with Gasteiger partial charge in [0.25, 0.3) is 5.69 Å². The Morgan fingerprint density at radius 3 is 2.57 bits per heavy atom. The van der Waals surface area contributed by atoms with E-state index in [2.05, 4.69) is 10.6 Å². The maximum absolute atomic E-state index is 12.3. The number of nitro groups is 1. The number of nitro benzene ring substituents is 1. The first-order valence-corrected chi connectivity index (χ1v) is 8.75. The van der Waals surface area contributed by atoms with Gasteiger partial charge < -0.3 is 20.1 Å². The van der Waals surface area contributed by atoms with Crippen molar-refractivity contribution in [2.75, 3.05) is 13.2 Å².